The highest BCUT2D eigenvalue weighted by Gasteiger charge is 2.46. The lowest BCUT2D eigenvalue weighted by Crippen LogP contribution is -2.42. The molecule has 12 heteroatoms. The van der Waals surface area contributed by atoms with Gasteiger partial charge in [-0.1, -0.05) is 6.07 Å². The van der Waals surface area contributed by atoms with Gasteiger partial charge in [0, 0.05) is 13.0 Å². The number of carbonyl (C=O) groups excluding carboxylic acids is 1. The van der Waals surface area contributed by atoms with Crippen molar-refractivity contribution < 1.29 is 35.5 Å². The molecule has 0 radical (unpaired) electrons. The molecule has 1 saturated heterocycles. The first-order valence-corrected chi connectivity index (χ1v) is 11.3. The molecule has 3 rings (SSSR count). The highest BCUT2D eigenvalue weighted by Crippen LogP contribution is 2.43. The second-order valence-corrected chi connectivity index (χ2v) is 10.4. The molecule has 1 amide bonds. The molecule has 2 N–H and O–H groups in total. The maximum Gasteiger partial charge on any atom is 0.416 e. The number of hydrogen-bond donors (Lipinski definition) is 1. The van der Waals surface area contributed by atoms with Crippen molar-refractivity contribution in [2.75, 3.05) is 6.61 Å². The zero-order valence-electron chi connectivity index (χ0n) is 17.2. The van der Waals surface area contributed by atoms with Gasteiger partial charge in [-0.2, -0.15) is 18.3 Å². The third-order valence-electron chi connectivity index (χ3n) is 5.59. The standard InChI is InChI=1S/C20H23F4N3O4S/c1-19(32(29,30)15-4-2-3-13(9-15)20(22,23)24)6-8-31-17(11-19)16-10-14(12-21)26-27(16)7-5-18(25)28/h2-4,9-10,17H,5-8,11-12H2,1H3,(H2,25,28). The molecule has 1 aliphatic rings. The Morgan fingerprint density at radius 3 is 2.69 bits per heavy atom. The quantitative estimate of drug-likeness (QED) is 0.616. The van der Waals surface area contributed by atoms with Crippen LogP contribution in [0, 0.1) is 0 Å². The molecule has 2 atom stereocenters. The zero-order chi connectivity index (χ0) is 23.7. The van der Waals surface area contributed by atoms with E-state index in [1.54, 1.807) is 0 Å². The van der Waals surface area contributed by atoms with E-state index in [0.29, 0.717) is 11.8 Å². The summed E-state index contributed by atoms with van der Waals surface area (Å²) in [5.41, 5.74) is 4.58. The van der Waals surface area contributed by atoms with Crippen LogP contribution in [0.15, 0.2) is 35.2 Å². The molecule has 176 valence electrons. The molecule has 0 saturated carbocycles. The third-order valence-corrected chi connectivity index (χ3v) is 8.13. The number of amides is 1. The molecule has 7 nitrogen and oxygen atoms in total. The summed E-state index contributed by atoms with van der Waals surface area (Å²) in [6.45, 7) is 0.661. The third kappa shape index (κ3) is 4.80. The van der Waals surface area contributed by atoms with E-state index < -0.39 is 49.9 Å². The Labute approximate surface area is 182 Å². The summed E-state index contributed by atoms with van der Waals surface area (Å²) in [6.07, 6.45) is -5.57. The summed E-state index contributed by atoms with van der Waals surface area (Å²) in [5.74, 6) is -0.588. The van der Waals surface area contributed by atoms with Gasteiger partial charge in [-0.3, -0.25) is 9.48 Å². The van der Waals surface area contributed by atoms with E-state index in [-0.39, 0.29) is 38.1 Å². The summed E-state index contributed by atoms with van der Waals surface area (Å²) in [6, 6.07) is 5.06. The summed E-state index contributed by atoms with van der Waals surface area (Å²) in [7, 11) is -4.18. The van der Waals surface area contributed by atoms with Crippen molar-refractivity contribution in [2.45, 2.75) is 61.3 Å². The average molecular weight is 477 g/mol. The summed E-state index contributed by atoms with van der Waals surface area (Å²) >= 11 is 0. The minimum Gasteiger partial charge on any atom is -0.372 e. The number of hydrogen-bond acceptors (Lipinski definition) is 5. The van der Waals surface area contributed by atoms with Gasteiger partial charge in [0.1, 0.15) is 12.8 Å². The van der Waals surface area contributed by atoms with E-state index in [2.05, 4.69) is 5.10 Å². The molecular weight excluding hydrogens is 454 g/mol. The van der Waals surface area contributed by atoms with Gasteiger partial charge in [-0.05, 0) is 44.0 Å². The topological polar surface area (TPSA) is 104 Å². The smallest absolute Gasteiger partial charge is 0.372 e. The largest absolute Gasteiger partial charge is 0.416 e. The van der Waals surface area contributed by atoms with Crippen LogP contribution >= 0.6 is 0 Å². The molecule has 0 aliphatic carbocycles. The van der Waals surface area contributed by atoms with Crippen LogP contribution in [0.3, 0.4) is 0 Å². The predicted octanol–water partition coefficient (Wildman–Crippen LogP) is 3.33. The van der Waals surface area contributed by atoms with Gasteiger partial charge in [0.05, 0.1) is 33.1 Å². The molecule has 1 aromatic heterocycles. The number of alkyl halides is 4. The Balaban J connectivity index is 1.94. The lowest BCUT2D eigenvalue weighted by molar-refractivity contribution is -0.137. The molecule has 0 bridgehead atoms. The second kappa shape index (κ2) is 8.81. The maximum atomic E-state index is 13.4. The SMILES string of the molecule is CC1(S(=O)(=O)c2cccc(C(F)(F)F)c2)CCOC(c2cc(CF)nn2CCC(N)=O)C1. The van der Waals surface area contributed by atoms with Crippen LogP contribution in [0.5, 0.6) is 0 Å². The first-order valence-electron chi connectivity index (χ1n) is 9.82. The molecular formula is C20H23F4N3O4S. The number of nitrogens with two attached hydrogens (primary N) is 1. The van der Waals surface area contributed by atoms with Gasteiger partial charge in [0.25, 0.3) is 0 Å². The normalized spacial score (nSPS) is 22.1. The molecule has 0 spiro atoms. The highest BCUT2D eigenvalue weighted by atomic mass is 32.2. The Hall–Kier alpha value is -2.47. The summed E-state index contributed by atoms with van der Waals surface area (Å²) in [4.78, 5) is 10.7. The van der Waals surface area contributed by atoms with Gasteiger partial charge in [0.2, 0.25) is 5.91 Å². The van der Waals surface area contributed by atoms with Gasteiger partial charge >= 0.3 is 6.18 Å². The second-order valence-electron chi connectivity index (χ2n) is 7.93. The van der Waals surface area contributed by atoms with Crippen molar-refractivity contribution in [3.63, 3.8) is 0 Å². The van der Waals surface area contributed by atoms with Gasteiger partial charge in [0.15, 0.2) is 9.84 Å². The molecule has 1 fully saturated rings. The highest BCUT2D eigenvalue weighted by molar-refractivity contribution is 7.92. The Kier molecular flexibility index (Phi) is 6.66. The number of primary amides is 1. The number of aryl methyl sites for hydroxylation is 1. The van der Waals surface area contributed by atoms with E-state index in [1.165, 1.54) is 17.7 Å². The fraction of sp³-hybridized carbons (Fsp3) is 0.500. The molecule has 1 aliphatic heterocycles. The van der Waals surface area contributed by atoms with Crippen molar-refractivity contribution in [3.8, 4) is 0 Å². The molecule has 2 unspecified atom stereocenters. The molecule has 32 heavy (non-hydrogen) atoms. The van der Waals surface area contributed by atoms with E-state index in [4.69, 9.17) is 10.5 Å². The molecule has 2 aromatic rings. The Morgan fingerprint density at radius 1 is 1.34 bits per heavy atom. The average Bonchev–Trinajstić information content (AvgIpc) is 3.15. The van der Waals surface area contributed by atoms with E-state index in [1.807, 2.05) is 0 Å². The van der Waals surface area contributed by atoms with Crippen molar-refractivity contribution in [2.24, 2.45) is 5.73 Å². The van der Waals surface area contributed by atoms with Crippen molar-refractivity contribution in [3.05, 3.63) is 47.3 Å². The predicted molar refractivity (Wildman–Crippen MR) is 106 cm³/mol. The fourth-order valence-corrected chi connectivity index (χ4v) is 5.57. The first kappa shape index (κ1) is 24.2. The number of rotatable bonds is 7. The van der Waals surface area contributed by atoms with Gasteiger partial charge in [-0.25, -0.2) is 12.8 Å². The number of halogens is 4. The maximum absolute atomic E-state index is 13.4. The van der Waals surface area contributed by atoms with E-state index >= 15 is 0 Å². The van der Waals surface area contributed by atoms with Crippen molar-refractivity contribution >= 4 is 15.7 Å². The number of ether oxygens (including phenoxy) is 1. The number of nitrogens with zero attached hydrogens (tertiary/aromatic N) is 2. The lowest BCUT2D eigenvalue weighted by atomic mass is 9.94. The fourth-order valence-electron chi connectivity index (χ4n) is 3.73. The number of carbonyl (C=O) groups is 1. The van der Waals surface area contributed by atoms with Crippen LogP contribution < -0.4 is 5.73 Å². The van der Waals surface area contributed by atoms with E-state index in [0.717, 1.165) is 18.2 Å². The van der Waals surface area contributed by atoms with Crippen LogP contribution in [-0.4, -0.2) is 35.5 Å². The molecule has 2 heterocycles. The van der Waals surface area contributed by atoms with Crippen LogP contribution in [-0.2, 0) is 38.8 Å². The van der Waals surface area contributed by atoms with Crippen LogP contribution in [0.1, 0.15) is 49.2 Å². The minimum atomic E-state index is -4.68. The number of benzene rings is 1. The van der Waals surface area contributed by atoms with Crippen molar-refractivity contribution in [1.82, 2.24) is 9.78 Å². The minimum absolute atomic E-state index is 0.0192. The summed E-state index contributed by atoms with van der Waals surface area (Å²) in [5, 5.41) is 4.06. The lowest BCUT2D eigenvalue weighted by Gasteiger charge is -2.37. The number of aromatic nitrogens is 2. The Morgan fingerprint density at radius 2 is 2.06 bits per heavy atom. The van der Waals surface area contributed by atoms with Crippen LogP contribution in [0.2, 0.25) is 0 Å². The number of sulfone groups is 1. The summed E-state index contributed by atoms with van der Waals surface area (Å²) < 4.78 is 84.8. The van der Waals surface area contributed by atoms with Gasteiger partial charge in [-0.15, -0.1) is 0 Å². The molecule has 1 aromatic carbocycles. The van der Waals surface area contributed by atoms with Crippen molar-refractivity contribution in [1.29, 1.82) is 0 Å². The van der Waals surface area contributed by atoms with Gasteiger partial charge < -0.3 is 10.5 Å². The van der Waals surface area contributed by atoms with E-state index in [9.17, 15) is 30.8 Å². The first-order chi connectivity index (χ1) is 14.9. The monoisotopic (exact) mass is 477 g/mol. The Bertz CT molecular complexity index is 1100. The van der Waals surface area contributed by atoms with Crippen LogP contribution in [0.4, 0.5) is 17.6 Å². The van der Waals surface area contributed by atoms with Crippen LogP contribution in [0.25, 0.3) is 0 Å². The zero-order valence-corrected chi connectivity index (χ0v) is 18.0.